The van der Waals surface area contributed by atoms with Crippen molar-refractivity contribution in [3.8, 4) is 5.88 Å². The summed E-state index contributed by atoms with van der Waals surface area (Å²) in [6, 6.07) is 1.82. The van der Waals surface area contributed by atoms with Crippen molar-refractivity contribution >= 4 is 17.6 Å². The topological polar surface area (TPSA) is 47.0 Å². The number of thioether (sulfide) groups is 1. The van der Waals surface area contributed by atoms with Gasteiger partial charge < -0.3 is 10.1 Å². The highest BCUT2D eigenvalue weighted by Crippen LogP contribution is 2.21. The van der Waals surface area contributed by atoms with E-state index >= 15 is 0 Å². The molecule has 0 unspecified atom stereocenters. The maximum Gasteiger partial charge on any atom is 0.219 e. The largest absolute Gasteiger partial charge is 0.477 e. The zero-order valence-electron chi connectivity index (χ0n) is 11.2. The van der Waals surface area contributed by atoms with E-state index in [2.05, 4.69) is 36.1 Å². The number of nitrogens with one attached hydrogen (secondary N) is 1. The molecule has 1 heterocycles. The van der Waals surface area contributed by atoms with Crippen molar-refractivity contribution in [2.24, 2.45) is 5.41 Å². The molecule has 1 aromatic heterocycles. The second-order valence-corrected chi connectivity index (χ2v) is 5.76. The van der Waals surface area contributed by atoms with Gasteiger partial charge in [0, 0.05) is 13.1 Å². The van der Waals surface area contributed by atoms with E-state index < -0.39 is 0 Å². The average Bonchev–Trinajstić information content (AvgIpc) is 2.26. The van der Waals surface area contributed by atoms with Crippen molar-refractivity contribution in [3.63, 3.8) is 0 Å². The number of hydrogen-bond donors (Lipinski definition) is 1. The fourth-order valence-electron chi connectivity index (χ4n) is 1.16. The first-order chi connectivity index (χ1) is 7.94. The van der Waals surface area contributed by atoms with Gasteiger partial charge in [-0.15, -0.1) is 0 Å². The molecule has 0 spiro atoms. The van der Waals surface area contributed by atoms with Crippen molar-refractivity contribution < 1.29 is 4.74 Å². The zero-order chi connectivity index (χ0) is 12.9. The Hall–Kier alpha value is -0.970. The smallest absolute Gasteiger partial charge is 0.219 e. The summed E-state index contributed by atoms with van der Waals surface area (Å²) >= 11 is 1.51. The highest BCUT2D eigenvalue weighted by atomic mass is 32.2. The van der Waals surface area contributed by atoms with Gasteiger partial charge in [0.2, 0.25) is 5.88 Å². The molecule has 0 aliphatic carbocycles. The molecule has 1 aromatic rings. The number of nitrogens with zero attached hydrogens (tertiary/aromatic N) is 2. The third-order valence-corrected chi connectivity index (χ3v) is 2.77. The molecule has 0 bridgehead atoms. The number of anilines is 1. The van der Waals surface area contributed by atoms with E-state index in [-0.39, 0.29) is 5.41 Å². The maximum absolute atomic E-state index is 5.66. The summed E-state index contributed by atoms with van der Waals surface area (Å²) in [4.78, 5) is 8.60. The first-order valence-corrected chi connectivity index (χ1v) is 6.91. The summed E-state index contributed by atoms with van der Waals surface area (Å²) < 4.78 is 5.66. The van der Waals surface area contributed by atoms with Crippen LogP contribution in [0.15, 0.2) is 11.2 Å². The third-order valence-electron chi connectivity index (χ3n) is 2.22. The van der Waals surface area contributed by atoms with Crippen molar-refractivity contribution in [1.29, 1.82) is 0 Å². The Labute approximate surface area is 108 Å². The van der Waals surface area contributed by atoms with Crippen LogP contribution < -0.4 is 10.1 Å². The van der Waals surface area contributed by atoms with E-state index in [0.717, 1.165) is 17.4 Å². The molecular weight excluding hydrogens is 234 g/mol. The molecule has 4 nitrogen and oxygen atoms in total. The van der Waals surface area contributed by atoms with Crippen LogP contribution in [0.2, 0.25) is 0 Å². The minimum atomic E-state index is 0.279. The van der Waals surface area contributed by atoms with Crippen molar-refractivity contribution in [2.75, 3.05) is 25.2 Å². The summed E-state index contributed by atoms with van der Waals surface area (Å²) in [5, 5.41) is 3.73. The summed E-state index contributed by atoms with van der Waals surface area (Å²) in [6.07, 6.45) is 2.95. The summed E-state index contributed by atoms with van der Waals surface area (Å²) in [6.45, 7) is 7.27. The first kappa shape index (κ1) is 14.1. The number of rotatable bonds is 5. The number of ether oxygens (including phenoxy) is 1. The Morgan fingerprint density at radius 3 is 2.59 bits per heavy atom. The van der Waals surface area contributed by atoms with Gasteiger partial charge in [0.1, 0.15) is 5.82 Å². The lowest BCUT2D eigenvalue weighted by molar-refractivity contribution is 0.235. The number of hydrogen-bond acceptors (Lipinski definition) is 5. The van der Waals surface area contributed by atoms with Crippen LogP contribution in [0.4, 0.5) is 5.82 Å². The monoisotopic (exact) mass is 255 g/mol. The van der Waals surface area contributed by atoms with Gasteiger partial charge in [-0.2, -0.15) is 4.98 Å². The average molecular weight is 255 g/mol. The summed E-state index contributed by atoms with van der Waals surface area (Å²) in [7, 11) is 1.84. The quantitative estimate of drug-likeness (QED) is 0.647. The molecule has 0 saturated carbocycles. The molecule has 5 heteroatoms. The van der Waals surface area contributed by atoms with E-state index in [1.54, 1.807) is 0 Å². The molecule has 17 heavy (non-hydrogen) atoms. The van der Waals surface area contributed by atoms with Gasteiger partial charge in [0.15, 0.2) is 5.16 Å². The van der Waals surface area contributed by atoms with E-state index in [9.17, 15) is 0 Å². The molecule has 0 atom stereocenters. The van der Waals surface area contributed by atoms with Gasteiger partial charge in [0.05, 0.1) is 6.61 Å². The first-order valence-electron chi connectivity index (χ1n) is 5.68. The van der Waals surface area contributed by atoms with E-state index in [1.807, 2.05) is 19.4 Å². The molecule has 1 N–H and O–H groups in total. The zero-order valence-corrected chi connectivity index (χ0v) is 12.0. The van der Waals surface area contributed by atoms with Gasteiger partial charge in [-0.1, -0.05) is 32.5 Å². The lowest BCUT2D eigenvalue weighted by Gasteiger charge is -2.18. The Balaban J connectivity index is 2.64. The normalized spacial score (nSPS) is 11.4. The molecule has 0 fully saturated rings. The van der Waals surface area contributed by atoms with Gasteiger partial charge in [-0.25, -0.2) is 4.98 Å². The standard InChI is InChI=1S/C12H21N3OS/c1-12(2,3)6-7-16-10-8-9(13-4)14-11(15-10)17-5/h8H,6-7H2,1-5H3,(H,13,14,15). The number of aromatic nitrogens is 2. The van der Waals surface area contributed by atoms with Crippen molar-refractivity contribution in [3.05, 3.63) is 6.07 Å². The summed E-state index contributed by atoms with van der Waals surface area (Å²) in [5.74, 6) is 1.42. The molecule has 1 rings (SSSR count). The molecule has 96 valence electrons. The van der Waals surface area contributed by atoms with Crippen LogP contribution in [0.5, 0.6) is 5.88 Å². The maximum atomic E-state index is 5.66. The molecule has 0 amide bonds. The van der Waals surface area contributed by atoms with E-state index in [0.29, 0.717) is 12.5 Å². The Bertz CT molecular complexity index is 341. The fraction of sp³-hybridized carbons (Fsp3) is 0.667. The van der Waals surface area contributed by atoms with Crippen LogP contribution >= 0.6 is 11.8 Å². The van der Waals surface area contributed by atoms with Crippen LogP contribution in [-0.4, -0.2) is 29.9 Å². The van der Waals surface area contributed by atoms with Gasteiger partial charge in [-0.05, 0) is 18.1 Å². The third kappa shape index (κ3) is 5.26. The second-order valence-electron chi connectivity index (χ2n) is 4.99. The molecule has 0 radical (unpaired) electrons. The van der Waals surface area contributed by atoms with Crippen LogP contribution in [0.1, 0.15) is 27.2 Å². The van der Waals surface area contributed by atoms with E-state index in [4.69, 9.17) is 4.74 Å². The predicted octanol–water partition coefficient (Wildman–Crippen LogP) is 3.06. The van der Waals surface area contributed by atoms with Crippen molar-refractivity contribution in [2.45, 2.75) is 32.3 Å². The second kappa shape index (κ2) is 6.10. The molecular formula is C12H21N3OS. The SMILES string of the molecule is CNc1cc(OCCC(C)(C)C)nc(SC)n1. The minimum absolute atomic E-state index is 0.279. The van der Waals surface area contributed by atoms with E-state index in [1.165, 1.54) is 11.8 Å². The highest BCUT2D eigenvalue weighted by molar-refractivity contribution is 7.98. The lowest BCUT2D eigenvalue weighted by Crippen LogP contribution is -2.12. The Morgan fingerprint density at radius 2 is 2.06 bits per heavy atom. The highest BCUT2D eigenvalue weighted by Gasteiger charge is 2.11. The Kier molecular flexibility index (Phi) is 5.05. The Morgan fingerprint density at radius 1 is 1.35 bits per heavy atom. The molecule has 0 aliphatic heterocycles. The van der Waals surface area contributed by atoms with Crippen LogP contribution in [0.25, 0.3) is 0 Å². The minimum Gasteiger partial charge on any atom is -0.477 e. The predicted molar refractivity (Wildman–Crippen MR) is 72.9 cm³/mol. The molecule has 0 saturated heterocycles. The van der Waals surface area contributed by atoms with Crippen LogP contribution in [-0.2, 0) is 0 Å². The van der Waals surface area contributed by atoms with Gasteiger partial charge >= 0.3 is 0 Å². The summed E-state index contributed by atoms with van der Waals surface area (Å²) in [5.41, 5.74) is 0.279. The molecule has 0 aliphatic rings. The van der Waals surface area contributed by atoms with Crippen LogP contribution in [0.3, 0.4) is 0 Å². The van der Waals surface area contributed by atoms with Gasteiger partial charge in [0.25, 0.3) is 0 Å². The fourth-order valence-corrected chi connectivity index (χ4v) is 1.53. The van der Waals surface area contributed by atoms with Crippen LogP contribution in [0, 0.1) is 5.41 Å². The lowest BCUT2D eigenvalue weighted by atomic mass is 9.93. The van der Waals surface area contributed by atoms with Gasteiger partial charge in [-0.3, -0.25) is 0 Å². The van der Waals surface area contributed by atoms with Crippen molar-refractivity contribution in [1.82, 2.24) is 9.97 Å². The molecule has 0 aromatic carbocycles.